The van der Waals surface area contributed by atoms with Crippen LogP contribution >= 0.6 is 0 Å². The number of aliphatic hydroxyl groups is 1. The molecule has 0 bridgehead atoms. The van der Waals surface area contributed by atoms with E-state index in [1.54, 1.807) is 13.4 Å². The number of hydrogen-bond acceptors (Lipinski definition) is 8. The molecule has 2 heterocycles. The van der Waals surface area contributed by atoms with Crippen LogP contribution in [-0.4, -0.2) is 91.5 Å². The van der Waals surface area contributed by atoms with Gasteiger partial charge in [0, 0.05) is 44.5 Å². The molecule has 1 atom stereocenters. The predicted molar refractivity (Wildman–Crippen MR) is 127 cm³/mol. The summed E-state index contributed by atoms with van der Waals surface area (Å²) in [5.41, 5.74) is 1.28. The van der Waals surface area contributed by atoms with Crippen molar-refractivity contribution in [3.05, 3.63) is 41.9 Å². The van der Waals surface area contributed by atoms with E-state index in [0.29, 0.717) is 32.7 Å². The van der Waals surface area contributed by atoms with E-state index in [1.807, 2.05) is 32.2 Å². The van der Waals surface area contributed by atoms with Gasteiger partial charge >= 0.3 is 0 Å². The fourth-order valence-corrected chi connectivity index (χ4v) is 4.16. The third kappa shape index (κ3) is 6.79. The zero-order valence-electron chi connectivity index (χ0n) is 20.0. The van der Waals surface area contributed by atoms with Crippen molar-refractivity contribution in [3.8, 4) is 11.5 Å². The largest absolute Gasteiger partial charge is 0.493 e. The fraction of sp³-hybridized carbons (Fsp3) is 0.583. The maximum Gasteiger partial charge on any atom is 0.161 e. The summed E-state index contributed by atoms with van der Waals surface area (Å²) in [6.07, 6.45) is 3.26. The number of aromatic nitrogens is 2. The molecule has 1 fully saturated rings. The van der Waals surface area contributed by atoms with Crippen LogP contribution in [-0.2, 0) is 6.54 Å². The molecule has 2 aromatic rings. The van der Waals surface area contributed by atoms with Gasteiger partial charge < -0.3 is 24.4 Å². The van der Waals surface area contributed by atoms with Crippen molar-refractivity contribution in [3.63, 3.8) is 0 Å². The minimum absolute atomic E-state index is 0.566. The average molecular weight is 444 g/mol. The molecule has 32 heavy (non-hydrogen) atoms. The molecule has 1 aromatic carbocycles. The van der Waals surface area contributed by atoms with E-state index in [2.05, 4.69) is 44.8 Å². The topological polar surface area (TPSA) is 74.2 Å². The Hall–Kier alpha value is -2.42. The molecule has 1 saturated heterocycles. The highest BCUT2D eigenvalue weighted by Gasteiger charge is 2.37. The fourth-order valence-electron chi connectivity index (χ4n) is 4.16. The molecule has 0 aliphatic carbocycles. The number of hydrogen-bond donors (Lipinski definition) is 1. The maximum atomic E-state index is 11.2. The van der Waals surface area contributed by atoms with E-state index in [0.717, 1.165) is 48.1 Å². The first-order valence-electron chi connectivity index (χ1n) is 11.2. The monoisotopic (exact) mass is 443 g/mol. The molecule has 0 unspecified atom stereocenters. The van der Waals surface area contributed by atoms with Gasteiger partial charge in [0.25, 0.3) is 0 Å². The van der Waals surface area contributed by atoms with Crippen LogP contribution < -0.4 is 14.4 Å². The van der Waals surface area contributed by atoms with Gasteiger partial charge in [0.15, 0.2) is 11.5 Å². The van der Waals surface area contributed by atoms with Crippen molar-refractivity contribution in [2.24, 2.45) is 0 Å². The smallest absolute Gasteiger partial charge is 0.161 e. The zero-order valence-corrected chi connectivity index (χ0v) is 20.0. The Kier molecular flexibility index (Phi) is 8.28. The number of aryl methyl sites for hydroxylation is 1. The normalized spacial score (nSPS) is 18.6. The molecule has 0 amide bonds. The second-order valence-corrected chi connectivity index (χ2v) is 9.08. The second kappa shape index (κ2) is 10.9. The molecule has 0 spiro atoms. The standard InChI is InChI=1S/C24H37N5O3/c1-19-13-23(26-18-25-19)29-11-9-24(30,17-29)16-28(4)15-20-7-8-21(22(14-20)31-5)32-12-6-10-27(2)3/h7-8,13-14,18,30H,6,9-12,15-17H2,1-5H3/t24-/m0/s1. The SMILES string of the molecule is COc1cc(CN(C)C[C@@]2(O)CCN(c3cc(C)ncn3)C2)ccc1OCCCN(C)C. The molecule has 1 N–H and O–H groups in total. The molecule has 8 heteroatoms. The summed E-state index contributed by atoms with van der Waals surface area (Å²) in [6.45, 7) is 6.25. The number of ether oxygens (including phenoxy) is 2. The lowest BCUT2D eigenvalue weighted by Crippen LogP contribution is -2.43. The average Bonchev–Trinajstić information content (AvgIpc) is 3.13. The molecule has 0 radical (unpaired) electrons. The highest BCUT2D eigenvalue weighted by Crippen LogP contribution is 2.30. The van der Waals surface area contributed by atoms with Crippen LogP contribution in [0, 0.1) is 6.92 Å². The number of rotatable bonds is 11. The first-order valence-corrected chi connectivity index (χ1v) is 11.2. The van der Waals surface area contributed by atoms with Crippen LogP contribution in [0.25, 0.3) is 0 Å². The van der Waals surface area contributed by atoms with Gasteiger partial charge in [-0.05, 0) is 58.6 Å². The van der Waals surface area contributed by atoms with Crippen LogP contribution in [0.3, 0.4) is 0 Å². The summed E-state index contributed by atoms with van der Waals surface area (Å²) >= 11 is 0. The Morgan fingerprint density at radius 2 is 1.97 bits per heavy atom. The van der Waals surface area contributed by atoms with Crippen molar-refractivity contribution < 1.29 is 14.6 Å². The van der Waals surface area contributed by atoms with Gasteiger partial charge in [-0.1, -0.05) is 6.07 Å². The van der Waals surface area contributed by atoms with Crippen molar-refractivity contribution >= 4 is 5.82 Å². The van der Waals surface area contributed by atoms with Crippen molar-refractivity contribution in [2.45, 2.75) is 31.9 Å². The molecular formula is C24H37N5O3. The maximum absolute atomic E-state index is 11.2. The van der Waals surface area contributed by atoms with E-state index >= 15 is 0 Å². The Bertz CT molecular complexity index is 878. The first kappa shape index (κ1) is 24.2. The lowest BCUT2D eigenvalue weighted by atomic mass is 10.0. The van der Waals surface area contributed by atoms with Crippen molar-refractivity contribution in [1.29, 1.82) is 0 Å². The summed E-state index contributed by atoms with van der Waals surface area (Å²) in [4.78, 5) is 15.0. The van der Waals surface area contributed by atoms with Gasteiger partial charge in [0.05, 0.1) is 19.3 Å². The number of β-amino-alcohol motifs (C(OH)–C–C–N with tert-alkyl or cyclic N) is 1. The van der Waals surface area contributed by atoms with Crippen LogP contribution in [0.15, 0.2) is 30.6 Å². The van der Waals surface area contributed by atoms with Crippen molar-refractivity contribution in [2.75, 3.05) is 65.9 Å². The Labute approximate surface area is 191 Å². The summed E-state index contributed by atoms with van der Waals surface area (Å²) in [5, 5.41) is 11.2. The molecule has 1 aliphatic heterocycles. The van der Waals surface area contributed by atoms with Crippen LogP contribution in [0.4, 0.5) is 5.82 Å². The van der Waals surface area contributed by atoms with Gasteiger partial charge in [-0.25, -0.2) is 9.97 Å². The number of benzene rings is 1. The van der Waals surface area contributed by atoms with E-state index < -0.39 is 5.60 Å². The van der Waals surface area contributed by atoms with E-state index in [-0.39, 0.29) is 0 Å². The lowest BCUT2D eigenvalue weighted by Gasteiger charge is -2.29. The Balaban J connectivity index is 1.54. The van der Waals surface area contributed by atoms with Gasteiger partial charge in [-0.2, -0.15) is 0 Å². The lowest BCUT2D eigenvalue weighted by molar-refractivity contribution is 0.0279. The molecule has 176 valence electrons. The van der Waals surface area contributed by atoms with E-state index in [9.17, 15) is 5.11 Å². The van der Waals surface area contributed by atoms with Crippen LogP contribution in [0.1, 0.15) is 24.1 Å². The first-order chi connectivity index (χ1) is 15.3. The predicted octanol–water partition coefficient (Wildman–Crippen LogP) is 2.20. The summed E-state index contributed by atoms with van der Waals surface area (Å²) < 4.78 is 11.5. The highest BCUT2D eigenvalue weighted by atomic mass is 16.5. The van der Waals surface area contributed by atoms with Crippen LogP contribution in [0.2, 0.25) is 0 Å². The summed E-state index contributed by atoms with van der Waals surface area (Å²) in [6, 6.07) is 8.02. The van der Waals surface area contributed by atoms with Crippen molar-refractivity contribution in [1.82, 2.24) is 19.8 Å². The van der Waals surface area contributed by atoms with Gasteiger partial charge in [0.2, 0.25) is 0 Å². The number of likely N-dealkylation sites (N-methyl/N-ethyl adjacent to an activating group) is 1. The Morgan fingerprint density at radius 3 is 2.69 bits per heavy atom. The van der Waals surface area contributed by atoms with Gasteiger partial charge in [0.1, 0.15) is 12.1 Å². The summed E-state index contributed by atoms with van der Waals surface area (Å²) in [7, 11) is 7.82. The molecule has 0 saturated carbocycles. The summed E-state index contributed by atoms with van der Waals surface area (Å²) in [5.74, 6) is 2.38. The molecule has 8 nitrogen and oxygen atoms in total. The third-order valence-corrected chi connectivity index (χ3v) is 5.70. The minimum Gasteiger partial charge on any atom is -0.493 e. The molecular weight excluding hydrogens is 406 g/mol. The van der Waals surface area contributed by atoms with E-state index in [1.165, 1.54) is 0 Å². The quantitative estimate of drug-likeness (QED) is 0.530. The van der Waals surface area contributed by atoms with Crippen LogP contribution in [0.5, 0.6) is 11.5 Å². The van der Waals surface area contributed by atoms with Gasteiger partial charge in [-0.3, -0.25) is 4.90 Å². The number of methoxy groups -OCH3 is 1. The van der Waals surface area contributed by atoms with E-state index in [4.69, 9.17) is 9.47 Å². The molecule has 1 aromatic heterocycles. The number of anilines is 1. The Morgan fingerprint density at radius 1 is 1.16 bits per heavy atom. The minimum atomic E-state index is -0.771. The number of nitrogens with zero attached hydrogens (tertiary/aromatic N) is 5. The highest BCUT2D eigenvalue weighted by molar-refractivity contribution is 5.43. The third-order valence-electron chi connectivity index (χ3n) is 5.70. The molecule has 3 rings (SSSR count). The second-order valence-electron chi connectivity index (χ2n) is 9.08. The van der Waals surface area contributed by atoms with Gasteiger partial charge in [-0.15, -0.1) is 0 Å². The molecule has 1 aliphatic rings. The zero-order chi connectivity index (χ0) is 23.1.